The first-order chi connectivity index (χ1) is 10.5. The van der Waals surface area contributed by atoms with Crippen LogP contribution in [-0.2, 0) is 22.8 Å². The summed E-state index contributed by atoms with van der Waals surface area (Å²) in [6.07, 6.45) is 3.13. The smallest absolute Gasteiger partial charge is 0.373 e. The van der Waals surface area contributed by atoms with E-state index in [0.29, 0.717) is 32.5 Å². The normalized spacial score (nSPS) is 18.7. The Hall–Kier alpha value is 0.0169. The van der Waals surface area contributed by atoms with Gasteiger partial charge in [0.25, 0.3) is 0 Å². The molecule has 1 saturated heterocycles. The third kappa shape index (κ3) is 8.03. The van der Waals surface area contributed by atoms with Gasteiger partial charge in [0.05, 0.1) is 18.8 Å². The molecule has 1 rings (SSSR count). The molecule has 1 unspecified atom stereocenters. The lowest BCUT2D eigenvalue weighted by atomic mass is 10.2. The third-order valence-corrected chi connectivity index (χ3v) is 6.50. The van der Waals surface area contributed by atoms with Gasteiger partial charge in [-0.2, -0.15) is 0 Å². The first-order valence-corrected chi connectivity index (χ1v) is 10.6. The van der Waals surface area contributed by atoms with Crippen LogP contribution in [0.15, 0.2) is 0 Å². The molecule has 1 aliphatic rings. The number of hydrogen-bond donors (Lipinski definition) is 0. The highest BCUT2D eigenvalue weighted by Crippen LogP contribution is 2.29. The zero-order valence-corrected chi connectivity index (χ0v) is 16.0. The topological polar surface area (TPSA) is 49.5 Å². The van der Waals surface area contributed by atoms with Gasteiger partial charge in [0, 0.05) is 25.9 Å². The highest BCUT2D eigenvalue weighted by atomic mass is 28.4. The molecular weight excluding hydrogens is 300 g/mol. The molecule has 0 aliphatic carbocycles. The predicted molar refractivity (Wildman–Crippen MR) is 89.1 cm³/mol. The van der Waals surface area contributed by atoms with Crippen molar-refractivity contribution in [1.82, 2.24) is 0 Å². The van der Waals surface area contributed by atoms with E-state index in [-0.39, 0.29) is 11.7 Å². The minimum absolute atomic E-state index is 0.264. The Morgan fingerprint density at radius 1 is 0.955 bits per heavy atom. The summed E-state index contributed by atoms with van der Waals surface area (Å²) in [4.78, 5) is 0. The maximum atomic E-state index is 6.12. The van der Waals surface area contributed by atoms with Gasteiger partial charge in [-0.25, -0.2) is 0 Å². The summed E-state index contributed by atoms with van der Waals surface area (Å²) < 4.78 is 29.6. The van der Waals surface area contributed by atoms with E-state index in [4.69, 9.17) is 22.8 Å². The Morgan fingerprint density at radius 3 is 1.77 bits per heavy atom. The molecule has 1 heterocycles. The van der Waals surface area contributed by atoms with Gasteiger partial charge in [0.15, 0.2) is 0 Å². The van der Waals surface area contributed by atoms with Crippen LogP contribution >= 0.6 is 0 Å². The maximum Gasteiger partial charge on any atom is 0.503 e. The first kappa shape index (κ1) is 20.1. The quantitative estimate of drug-likeness (QED) is 0.360. The van der Waals surface area contributed by atoms with Crippen LogP contribution < -0.4 is 0 Å². The maximum absolute atomic E-state index is 6.12. The number of epoxide rings is 1. The fraction of sp³-hybridized carbons (Fsp3) is 1.00. The van der Waals surface area contributed by atoms with E-state index in [0.717, 1.165) is 25.9 Å². The summed E-state index contributed by atoms with van der Waals surface area (Å²) in [5, 5.41) is 0. The standard InChI is InChI=1S/C16H34O5Si/c1-6-9-19-22(20-10-7-2,21-11-8-3)14-16(4,5)18-13-15-12-17-15/h15H,6-14H2,1-5H3. The molecule has 22 heavy (non-hydrogen) atoms. The fourth-order valence-corrected chi connectivity index (χ4v) is 5.35. The van der Waals surface area contributed by atoms with Crippen molar-refractivity contribution in [2.45, 2.75) is 71.6 Å². The molecule has 1 fully saturated rings. The van der Waals surface area contributed by atoms with E-state index in [1.54, 1.807) is 0 Å². The second-order valence-corrected chi connectivity index (χ2v) is 9.02. The molecule has 1 atom stereocenters. The molecule has 0 aromatic heterocycles. The van der Waals surface area contributed by atoms with Gasteiger partial charge in [-0.15, -0.1) is 0 Å². The van der Waals surface area contributed by atoms with E-state index < -0.39 is 8.80 Å². The minimum atomic E-state index is -2.71. The van der Waals surface area contributed by atoms with E-state index in [1.165, 1.54) is 0 Å². The van der Waals surface area contributed by atoms with Crippen LogP contribution in [0.5, 0.6) is 0 Å². The van der Waals surface area contributed by atoms with Gasteiger partial charge in [-0.3, -0.25) is 0 Å². The molecule has 0 radical (unpaired) electrons. The van der Waals surface area contributed by atoms with Gasteiger partial charge in [0.2, 0.25) is 0 Å². The molecule has 0 aromatic carbocycles. The van der Waals surface area contributed by atoms with Crippen LogP contribution in [0.1, 0.15) is 53.9 Å². The Kier molecular flexibility index (Phi) is 9.12. The molecule has 0 amide bonds. The molecule has 1 aliphatic heterocycles. The fourth-order valence-electron chi connectivity index (χ4n) is 2.11. The lowest BCUT2D eigenvalue weighted by Crippen LogP contribution is -2.52. The summed E-state index contributed by atoms with van der Waals surface area (Å²) in [5.41, 5.74) is -0.340. The van der Waals surface area contributed by atoms with Crippen molar-refractivity contribution in [1.29, 1.82) is 0 Å². The van der Waals surface area contributed by atoms with Crippen molar-refractivity contribution in [3.63, 3.8) is 0 Å². The van der Waals surface area contributed by atoms with Crippen molar-refractivity contribution in [3.05, 3.63) is 0 Å². The molecule has 0 spiro atoms. The van der Waals surface area contributed by atoms with Crippen LogP contribution in [0.25, 0.3) is 0 Å². The molecular formula is C16H34O5Si. The SMILES string of the molecule is CCCO[Si](CC(C)(C)OCC1CO1)(OCCC)OCCC. The van der Waals surface area contributed by atoms with E-state index in [2.05, 4.69) is 34.6 Å². The number of rotatable bonds is 14. The van der Waals surface area contributed by atoms with E-state index in [9.17, 15) is 0 Å². The average Bonchev–Trinajstić information content (AvgIpc) is 3.31. The highest BCUT2D eigenvalue weighted by molar-refractivity contribution is 6.61. The summed E-state index contributed by atoms with van der Waals surface area (Å²) in [5.74, 6) is 0. The van der Waals surface area contributed by atoms with Crippen molar-refractivity contribution >= 4 is 8.80 Å². The third-order valence-electron chi connectivity index (χ3n) is 3.28. The Labute approximate surface area is 137 Å². The predicted octanol–water partition coefficient (Wildman–Crippen LogP) is 3.40. The number of ether oxygens (including phenoxy) is 2. The van der Waals surface area contributed by atoms with E-state index >= 15 is 0 Å². The van der Waals surface area contributed by atoms with Gasteiger partial charge >= 0.3 is 8.80 Å². The second kappa shape index (κ2) is 10.0. The average molecular weight is 335 g/mol. The van der Waals surface area contributed by atoms with Crippen LogP contribution in [0, 0.1) is 0 Å². The van der Waals surface area contributed by atoms with Crippen molar-refractivity contribution in [3.8, 4) is 0 Å². The van der Waals surface area contributed by atoms with Crippen LogP contribution in [-0.4, -0.2) is 53.5 Å². The lowest BCUT2D eigenvalue weighted by Gasteiger charge is -2.36. The van der Waals surface area contributed by atoms with Gasteiger partial charge in [0.1, 0.15) is 6.10 Å². The minimum Gasteiger partial charge on any atom is -0.373 e. The lowest BCUT2D eigenvalue weighted by molar-refractivity contribution is -0.0323. The Bertz CT molecular complexity index is 272. The Morgan fingerprint density at radius 2 is 1.41 bits per heavy atom. The zero-order chi connectivity index (χ0) is 16.5. The number of hydrogen-bond acceptors (Lipinski definition) is 5. The molecule has 0 saturated carbocycles. The second-order valence-electron chi connectivity index (χ2n) is 6.43. The molecule has 0 bridgehead atoms. The van der Waals surface area contributed by atoms with Crippen LogP contribution in [0.4, 0.5) is 0 Å². The molecule has 132 valence electrons. The van der Waals surface area contributed by atoms with Crippen molar-refractivity contribution < 1.29 is 22.8 Å². The van der Waals surface area contributed by atoms with Gasteiger partial charge < -0.3 is 22.8 Å². The molecule has 0 aromatic rings. The van der Waals surface area contributed by atoms with E-state index in [1.807, 2.05) is 0 Å². The van der Waals surface area contributed by atoms with Gasteiger partial charge in [-0.1, -0.05) is 20.8 Å². The zero-order valence-electron chi connectivity index (χ0n) is 15.0. The largest absolute Gasteiger partial charge is 0.503 e. The highest BCUT2D eigenvalue weighted by Gasteiger charge is 2.47. The summed E-state index contributed by atoms with van der Waals surface area (Å²) in [7, 11) is -2.71. The van der Waals surface area contributed by atoms with Crippen LogP contribution in [0.2, 0.25) is 6.04 Å². The first-order valence-electron chi connectivity index (χ1n) is 8.64. The molecule has 6 heteroatoms. The molecule has 0 N–H and O–H groups in total. The summed E-state index contributed by atoms with van der Waals surface area (Å²) >= 11 is 0. The van der Waals surface area contributed by atoms with Crippen molar-refractivity contribution in [2.75, 3.05) is 33.0 Å². The Balaban J connectivity index is 2.68. The van der Waals surface area contributed by atoms with Crippen LogP contribution in [0.3, 0.4) is 0 Å². The molecule has 5 nitrogen and oxygen atoms in total. The summed E-state index contributed by atoms with van der Waals surface area (Å²) in [6, 6.07) is 0.673. The van der Waals surface area contributed by atoms with Crippen molar-refractivity contribution in [2.24, 2.45) is 0 Å². The van der Waals surface area contributed by atoms with Gasteiger partial charge in [-0.05, 0) is 33.1 Å². The monoisotopic (exact) mass is 334 g/mol. The summed E-state index contributed by atoms with van der Waals surface area (Å²) in [6.45, 7) is 13.9.